The summed E-state index contributed by atoms with van der Waals surface area (Å²) < 4.78 is 11.5. The van der Waals surface area contributed by atoms with Crippen molar-refractivity contribution in [1.82, 2.24) is 20.5 Å². The fourth-order valence-electron chi connectivity index (χ4n) is 5.01. The average Bonchev–Trinajstić information content (AvgIpc) is 3.45. The third kappa shape index (κ3) is 4.20. The minimum absolute atomic E-state index is 0.147. The SMILES string of the molecule is CN(C)C(=O)Oc1ccc2[nH]c3c(c2c1)CC(CCOc1ccc(C#N)cc1)NC31CCNC1. The number of aromatic nitrogens is 1. The van der Waals surface area contributed by atoms with Gasteiger partial charge in [-0.1, -0.05) is 0 Å². The van der Waals surface area contributed by atoms with Crippen molar-refractivity contribution < 1.29 is 14.3 Å². The standard InChI is InChI=1S/C26H29N5O3/c1-31(2)25(32)34-20-7-8-23-21(14-20)22-13-18(30-26(24(22)29-23)10-11-28-16-26)9-12-33-19-5-3-17(15-27)4-6-19/h3-8,14,18,28-30H,9-13,16H2,1-2H3. The number of carbonyl (C=O) groups excluding carboxylic acids is 1. The molecular weight excluding hydrogens is 430 g/mol. The number of nitrogens with one attached hydrogen (secondary N) is 3. The predicted octanol–water partition coefficient (Wildman–Crippen LogP) is 3.27. The number of rotatable bonds is 5. The van der Waals surface area contributed by atoms with E-state index in [-0.39, 0.29) is 17.7 Å². The first-order valence-corrected chi connectivity index (χ1v) is 11.6. The molecule has 1 saturated heterocycles. The van der Waals surface area contributed by atoms with Crippen molar-refractivity contribution in [3.63, 3.8) is 0 Å². The van der Waals surface area contributed by atoms with Crippen LogP contribution in [0.2, 0.25) is 0 Å². The van der Waals surface area contributed by atoms with Gasteiger partial charge in [-0.15, -0.1) is 0 Å². The summed E-state index contributed by atoms with van der Waals surface area (Å²) in [6.45, 7) is 2.40. The second-order valence-electron chi connectivity index (χ2n) is 9.28. The van der Waals surface area contributed by atoms with E-state index < -0.39 is 0 Å². The van der Waals surface area contributed by atoms with Crippen LogP contribution in [0.15, 0.2) is 42.5 Å². The molecule has 0 bridgehead atoms. The van der Waals surface area contributed by atoms with E-state index >= 15 is 0 Å². The molecule has 0 aliphatic carbocycles. The largest absolute Gasteiger partial charge is 0.494 e. The normalized spacial score (nSPS) is 21.3. The highest BCUT2D eigenvalue weighted by Crippen LogP contribution is 2.40. The molecule has 3 heterocycles. The van der Waals surface area contributed by atoms with Gasteiger partial charge in [0.1, 0.15) is 11.5 Å². The minimum Gasteiger partial charge on any atom is -0.494 e. The van der Waals surface area contributed by atoms with Crippen LogP contribution in [0.4, 0.5) is 4.79 Å². The minimum atomic E-state index is -0.389. The van der Waals surface area contributed by atoms with Gasteiger partial charge in [-0.2, -0.15) is 5.26 Å². The van der Waals surface area contributed by atoms with Crippen molar-refractivity contribution in [2.75, 3.05) is 33.8 Å². The number of hydrogen-bond donors (Lipinski definition) is 3. The van der Waals surface area contributed by atoms with Crippen LogP contribution in [0.1, 0.15) is 29.7 Å². The Morgan fingerprint density at radius 3 is 2.71 bits per heavy atom. The lowest BCUT2D eigenvalue weighted by atomic mass is 9.82. The van der Waals surface area contributed by atoms with Crippen LogP contribution in [-0.2, 0) is 12.0 Å². The third-order valence-electron chi connectivity index (χ3n) is 6.73. The number of carbonyl (C=O) groups is 1. The van der Waals surface area contributed by atoms with E-state index in [1.54, 1.807) is 26.2 Å². The molecule has 34 heavy (non-hydrogen) atoms. The van der Waals surface area contributed by atoms with E-state index in [4.69, 9.17) is 14.7 Å². The summed E-state index contributed by atoms with van der Waals surface area (Å²) in [5, 5.41) is 17.5. The lowest BCUT2D eigenvalue weighted by molar-refractivity contribution is 0.172. The van der Waals surface area contributed by atoms with E-state index in [0.717, 1.165) is 49.0 Å². The Hall–Kier alpha value is -3.54. The highest BCUT2D eigenvalue weighted by molar-refractivity contribution is 5.87. The number of ether oxygens (including phenoxy) is 2. The molecule has 0 radical (unpaired) electrons. The second kappa shape index (κ2) is 9.01. The number of nitrogens with zero attached hydrogens (tertiary/aromatic N) is 2. The highest BCUT2D eigenvalue weighted by atomic mass is 16.6. The fraction of sp³-hybridized carbons (Fsp3) is 0.385. The second-order valence-corrected chi connectivity index (χ2v) is 9.28. The number of nitriles is 1. The van der Waals surface area contributed by atoms with E-state index in [2.05, 4.69) is 21.7 Å². The fourth-order valence-corrected chi connectivity index (χ4v) is 5.01. The van der Waals surface area contributed by atoms with Crippen LogP contribution in [0.3, 0.4) is 0 Å². The molecule has 2 aromatic carbocycles. The van der Waals surface area contributed by atoms with Crippen LogP contribution >= 0.6 is 0 Å². The van der Waals surface area contributed by atoms with Gasteiger partial charge in [0.05, 0.1) is 23.8 Å². The molecule has 3 N–H and O–H groups in total. The molecule has 2 atom stereocenters. The van der Waals surface area contributed by atoms with Crippen LogP contribution in [0.5, 0.6) is 11.5 Å². The Morgan fingerprint density at radius 1 is 1.21 bits per heavy atom. The summed E-state index contributed by atoms with van der Waals surface area (Å²) in [4.78, 5) is 17.1. The molecule has 1 fully saturated rings. The molecule has 3 aromatic rings. The Balaban J connectivity index is 1.37. The summed E-state index contributed by atoms with van der Waals surface area (Å²) in [6.07, 6.45) is 2.32. The van der Waals surface area contributed by atoms with Crippen molar-refractivity contribution in [2.24, 2.45) is 0 Å². The Labute approximate surface area is 198 Å². The van der Waals surface area contributed by atoms with E-state index in [0.29, 0.717) is 17.9 Å². The van der Waals surface area contributed by atoms with Crippen molar-refractivity contribution in [3.05, 3.63) is 59.3 Å². The quantitative estimate of drug-likeness (QED) is 0.541. The number of aromatic amines is 1. The molecule has 5 rings (SSSR count). The van der Waals surface area contributed by atoms with Gasteiger partial charge in [0.2, 0.25) is 0 Å². The Bertz CT molecular complexity index is 1240. The number of benzene rings is 2. The smallest absolute Gasteiger partial charge is 0.414 e. The molecule has 8 heteroatoms. The van der Waals surface area contributed by atoms with E-state index in [1.807, 2.05) is 30.3 Å². The first kappa shape index (κ1) is 22.3. The number of hydrogen-bond acceptors (Lipinski definition) is 6. The molecule has 1 amide bonds. The van der Waals surface area contributed by atoms with Crippen molar-refractivity contribution in [2.45, 2.75) is 30.8 Å². The Kier molecular flexibility index (Phi) is 5.90. The lowest BCUT2D eigenvalue weighted by Crippen LogP contribution is -2.54. The zero-order chi connectivity index (χ0) is 23.7. The first-order valence-electron chi connectivity index (χ1n) is 11.6. The molecule has 8 nitrogen and oxygen atoms in total. The van der Waals surface area contributed by atoms with Gasteiger partial charge < -0.3 is 30.0 Å². The first-order chi connectivity index (χ1) is 16.5. The van der Waals surface area contributed by atoms with Gasteiger partial charge in [0.15, 0.2) is 0 Å². The van der Waals surface area contributed by atoms with Gasteiger partial charge in [0, 0.05) is 43.3 Å². The van der Waals surface area contributed by atoms with Crippen LogP contribution in [0, 0.1) is 11.3 Å². The van der Waals surface area contributed by atoms with E-state index in [1.165, 1.54) is 16.2 Å². The maximum Gasteiger partial charge on any atom is 0.414 e. The van der Waals surface area contributed by atoms with Crippen molar-refractivity contribution >= 4 is 17.0 Å². The lowest BCUT2D eigenvalue weighted by Gasteiger charge is -2.39. The zero-order valence-electron chi connectivity index (χ0n) is 19.5. The van der Waals surface area contributed by atoms with Gasteiger partial charge in [0.25, 0.3) is 0 Å². The highest BCUT2D eigenvalue weighted by Gasteiger charge is 2.44. The molecule has 2 aliphatic rings. The molecular formula is C26H29N5O3. The van der Waals surface area contributed by atoms with Gasteiger partial charge >= 0.3 is 6.09 Å². The van der Waals surface area contributed by atoms with Gasteiger partial charge in [-0.05, 0) is 73.8 Å². The van der Waals surface area contributed by atoms with Crippen LogP contribution in [-0.4, -0.2) is 55.8 Å². The molecule has 2 aliphatic heterocycles. The van der Waals surface area contributed by atoms with Gasteiger partial charge in [-0.25, -0.2) is 4.79 Å². The topological polar surface area (TPSA) is 102 Å². The molecule has 176 valence electrons. The Morgan fingerprint density at radius 2 is 2.00 bits per heavy atom. The summed E-state index contributed by atoms with van der Waals surface area (Å²) in [5.41, 5.74) is 4.04. The van der Waals surface area contributed by atoms with E-state index in [9.17, 15) is 4.79 Å². The average molecular weight is 460 g/mol. The maximum absolute atomic E-state index is 12.1. The van der Waals surface area contributed by atoms with Crippen molar-refractivity contribution in [3.8, 4) is 17.6 Å². The van der Waals surface area contributed by atoms with Crippen LogP contribution in [0.25, 0.3) is 10.9 Å². The molecule has 0 saturated carbocycles. The summed E-state index contributed by atoms with van der Waals surface area (Å²) in [6, 6.07) is 15.4. The molecule has 1 spiro atoms. The summed E-state index contributed by atoms with van der Waals surface area (Å²) >= 11 is 0. The summed E-state index contributed by atoms with van der Waals surface area (Å²) in [7, 11) is 3.35. The van der Waals surface area contributed by atoms with Gasteiger partial charge in [-0.3, -0.25) is 0 Å². The van der Waals surface area contributed by atoms with Crippen LogP contribution < -0.4 is 20.1 Å². The summed E-state index contributed by atoms with van der Waals surface area (Å²) in [5.74, 6) is 1.32. The number of H-pyrrole nitrogens is 1. The zero-order valence-corrected chi connectivity index (χ0v) is 19.5. The van der Waals surface area contributed by atoms with Crippen molar-refractivity contribution in [1.29, 1.82) is 5.26 Å². The molecule has 2 unspecified atom stereocenters. The number of amides is 1. The molecule has 1 aromatic heterocycles. The predicted molar refractivity (Wildman–Crippen MR) is 129 cm³/mol. The third-order valence-corrected chi connectivity index (χ3v) is 6.73. The monoisotopic (exact) mass is 459 g/mol. The number of fused-ring (bicyclic) bond motifs is 4. The maximum atomic E-state index is 12.1.